The molecule has 176 valence electrons. The van der Waals surface area contributed by atoms with Crippen molar-refractivity contribution in [3.05, 3.63) is 102 Å². The zero-order chi connectivity index (χ0) is 24.6. The Kier molecular flexibility index (Phi) is 7.32. The lowest BCUT2D eigenvalue weighted by molar-refractivity contribution is -0.120. The number of aryl methyl sites for hydroxylation is 1. The van der Waals surface area contributed by atoms with E-state index in [0.717, 1.165) is 28.1 Å². The average molecular weight is 468 g/mol. The van der Waals surface area contributed by atoms with Crippen LogP contribution in [-0.2, 0) is 4.79 Å². The third-order valence-electron chi connectivity index (χ3n) is 5.21. The second kappa shape index (κ2) is 10.9. The fourth-order valence-corrected chi connectivity index (χ4v) is 3.43. The monoisotopic (exact) mass is 467 g/mol. The normalized spacial score (nSPS) is 10.8. The second-order valence-corrected chi connectivity index (χ2v) is 7.79. The van der Waals surface area contributed by atoms with Crippen LogP contribution < -0.4 is 15.5 Å². The maximum absolute atomic E-state index is 12.2. The molecular weight excluding hydrogens is 442 g/mol. The van der Waals surface area contributed by atoms with Gasteiger partial charge in [0.05, 0.1) is 25.6 Å². The molecule has 0 aliphatic carbocycles. The predicted octanol–water partition coefficient (Wildman–Crippen LogP) is 3.74. The van der Waals surface area contributed by atoms with Gasteiger partial charge in [-0.3, -0.25) is 9.59 Å². The summed E-state index contributed by atoms with van der Waals surface area (Å²) in [5, 5.41) is 11.4. The van der Waals surface area contributed by atoms with E-state index in [1.807, 2.05) is 67.7 Å². The van der Waals surface area contributed by atoms with Gasteiger partial charge in [0.1, 0.15) is 11.4 Å². The third kappa shape index (κ3) is 6.00. The highest BCUT2D eigenvalue weighted by molar-refractivity contribution is 5.96. The first kappa shape index (κ1) is 23.4. The first-order valence-electron chi connectivity index (χ1n) is 11.0. The van der Waals surface area contributed by atoms with Crippen LogP contribution in [0.15, 0.2) is 90.2 Å². The lowest BCUT2D eigenvalue weighted by Crippen LogP contribution is -2.34. The number of rotatable bonds is 8. The van der Waals surface area contributed by atoms with Crippen LogP contribution in [0.25, 0.3) is 16.9 Å². The van der Waals surface area contributed by atoms with Crippen molar-refractivity contribution in [3.63, 3.8) is 0 Å². The van der Waals surface area contributed by atoms with Crippen LogP contribution in [0.5, 0.6) is 5.75 Å². The molecule has 1 aromatic heterocycles. The van der Waals surface area contributed by atoms with Crippen molar-refractivity contribution in [1.82, 2.24) is 20.5 Å². The summed E-state index contributed by atoms with van der Waals surface area (Å²) < 4.78 is 6.85. The summed E-state index contributed by atoms with van der Waals surface area (Å²) in [6.07, 6.45) is 3.40. The van der Waals surface area contributed by atoms with E-state index in [-0.39, 0.29) is 12.5 Å². The lowest BCUT2D eigenvalue weighted by Gasteiger charge is -2.05. The highest BCUT2D eigenvalue weighted by atomic mass is 16.5. The standard InChI is InChI=1S/C27H25N5O3/c1-19-7-6-8-21(15-19)26-22(18-32(31-26)23-9-4-3-5-10-23)16-29-30-25(33)17-28-27(34)20-11-13-24(35-2)14-12-20/h3-16,18H,17H2,1-2H3,(H,28,34)(H,30,33)/b29-16-. The number of para-hydroxylation sites is 1. The van der Waals surface area contributed by atoms with E-state index in [9.17, 15) is 9.59 Å². The Labute approximate surface area is 203 Å². The fraction of sp³-hybridized carbons (Fsp3) is 0.111. The van der Waals surface area contributed by atoms with Gasteiger partial charge >= 0.3 is 0 Å². The molecule has 0 atom stereocenters. The average Bonchev–Trinajstić information content (AvgIpc) is 3.32. The number of benzene rings is 3. The van der Waals surface area contributed by atoms with E-state index < -0.39 is 5.91 Å². The molecule has 4 aromatic rings. The molecule has 0 saturated heterocycles. The van der Waals surface area contributed by atoms with E-state index >= 15 is 0 Å². The molecule has 0 bridgehead atoms. The van der Waals surface area contributed by atoms with Gasteiger partial charge in [0.25, 0.3) is 11.8 Å². The van der Waals surface area contributed by atoms with E-state index in [4.69, 9.17) is 9.84 Å². The number of hydrazone groups is 1. The largest absolute Gasteiger partial charge is 0.497 e. The number of aromatic nitrogens is 2. The van der Waals surface area contributed by atoms with Crippen LogP contribution >= 0.6 is 0 Å². The smallest absolute Gasteiger partial charge is 0.259 e. The summed E-state index contributed by atoms with van der Waals surface area (Å²) in [6.45, 7) is 1.81. The lowest BCUT2D eigenvalue weighted by atomic mass is 10.1. The number of nitrogens with zero attached hydrogens (tertiary/aromatic N) is 3. The number of carbonyl (C=O) groups excluding carboxylic acids is 2. The van der Waals surface area contributed by atoms with Gasteiger partial charge in [0, 0.05) is 22.9 Å². The van der Waals surface area contributed by atoms with Gasteiger partial charge in [0.15, 0.2) is 0 Å². The number of carbonyl (C=O) groups is 2. The summed E-state index contributed by atoms with van der Waals surface area (Å²) in [7, 11) is 1.55. The molecule has 0 saturated carbocycles. The molecule has 0 radical (unpaired) electrons. The van der Waals surface area contributed by atoms with Gasteiger partial charge in [-0.05, 0) is 49.4 Å². The summed E-state index contributed by atoms with van der Waals surface area (Å²) in [4.78, 5) is 24.4. The minimum atomic E-state index is -0.448. The molecule has 0 spiro atoms. The topological polar surface area (TPSA) is 97.6 Å². The van der Waals surface area contributed by atoms with Crippen molar-refractivity contribution in [2.24, 2.45) is 5.10 Å². The summed E-state index contributed by atoms with van der Waals surface area (Å²) in [5.41, 5.74) is 7.32. The fourth-order valence-electron chi connectivity index (χ4n) is 3.43. The molecule has 0 aliphatic rings. The Morgan fingerprint density at radius 3 is 2.51 bits per heavy atom. The van der Waals surface area contributed by atoms with Crippen LogP contribution in [0.4, 0.5) is 0 Å². The van der Waals surface area contributed by atoms with E-state index in [1.165, 1.54) is 0 Å². The molecule has 4 rings (SSSR count). The third-order valence-corrected chi connectivity index (χ3v) is 5.21. The number of hydrogen-bond acceptors (Lipinski definition) is 5. The molecule has 0 aliphatic heterocycles. The Balaban J connectivity index is 1.44. The van der Waals surface area contributed by atoms with Crippen molar-refractivity contribution in [2.45, 2.75) is 6.92 Å². The number of amides is 2. The van der Waals surface area contributed by atoms with Gasteiger partial charge in [0.2, 0.25) is 0 Å². The first-order chi connectivity index (χ1) is 17.0. The minimum absolute atomic E-state index is 0.212. The van der Waals surface area contributed by atoms with Gasteiger partial charge in [-0.2, -0.15) is 10.2 Å². The highest BCUT2D eigenvalue weighted by Crippen LogP contribution is 2.23. The number of ether oxygens (including phenoxy) is 1. The van der Waals surface area contributed by atoms with Gasteiger partial charge in [-0.15, -0.1) is 0 Å². The van der Waals surface area contributed by atoms with Gasteiger partial charge in [-0.25, -0.2) is 10.1 Å². The van der Waals surface area contributed by atoms with Crippen LogP contribution in [0.3, 0.4) is 0 Å². The molecule has 0 unspecified atom stereocenters. The quantitative estimate of drug-likeness (QED) is 0.305. The van der Waals surface area contributed by atoms with Crippen LogP contribution in [-0.4, -0.2) is 41.5 Å². The molecule has 3 aromatic carbocycles. The molecule has 35 heavy (non-hydrogen) atoms. The highest BCUT2D eigenvalue weighted by Gasteiger charge is 2.12. The predicted molar refractivity (Wildman–Crippen MR) is 135 cm³/mol. The molecular formula is C27H25N5O3. The molecule has 2 N–H and O–H groups in total. The summed E-state index contributed by atoms with van der Waals surface area (Å²) in [6, 6.07) is 24.4. The van der Waals surface area contributed by atoms with Crippen LogP contribution in [0.1, 0.15) is 21.5 Å². The Morgan fingerprint density at radius 1 is 1.03 bits per heavy atom. The Hall–Kier alpha value is -4.72. The molecule has 0 fully saturated rings. The van der Waals surface area contributed by atoms with Gasteiger partial charge < -0.3 is 10.1 Å². The van der Waals surface area contributed by atoms with Crippen molar-refractivity contribution >= 4 is 18.0 Å². The summed E-state index contributed by atoms with van der Waals surface area (Å²) >= 11 is 0. The number of methoxy groups -OCH3 is 1. The van der Waals surface area contributed by atoms with E-state index in [0.29, 0.717) is 11.3 Å². The Morgan fingerprint density at radius 2 is 1.80 bits per heavy atom. The summed E-state index contributed by atoms with van der Waals surface area (Å²) in [5.74, 6) is -0.164. The zero-order valence-electron chi connectivity index (χ0n) is 19.4. The SMILES string of the molecule is COc1ccc(C(=O)NCC(=O)N/N=C\c2cn(-c3ccccc3)nc2-c2cccc(C)c2)cc1. The van der Waals surface area contributed by atoms with Crippen molar-refractivity contribution in [1.29, 1.82) is 0 Å². The second-order valence-electron chi connectivity index (χ2n) is 7.79. The molecule has 1 heterocycles. The maximum atomic E-state index is 12.2. The Bertz CT molecular complexity index is 1350. The van der Waals surface area contributed by atoms with Crippen molar-refractivity contribution in [2.75, 3.05) is 13.7 Å². The minimum Gasteiger partial charge on any atom is -0.497 e. The number of hydrogen-bond donors (Lipinski definition) is 2. The van der Waals surface area contributed by atoms with E-state index in [2.05, 4.69) is 15.8 Å². The molecule has 8 heteroatoms. The number of nitrogens with one attached hydrogen (secondary N) is 2. The van der Waals surface area contributed by atoms with Crippen LogP contribution in [0, 0.1) is 6.92 Å². The molecule has 2 amide bonds. The zero-order valence-corrected chi connectivity index (χ0v) is 19.4. The first-order valence-corrected chi connectivity index (χ1v) is 11.0. The van der Waals surface area contributed by atoms with Gasteiger partial charge in [-0.1, -0.05) is 42.0 Å². The van der Waals surface area contributed by atoms with Crippen molar-refractivity contribution < 1.29 is 14.3 Å². The van der Waals surface area contributed by atoms with Crippen LogP contribution in [0.2, 0.25) is 0 Å². The maximum Gasteiger partial charge on any atom is 0.259 e. The molecule has 8 nitrogen and oxygen atoms in total. The van der Waals surface area contributed by atoms with Crippen molar-refractivity contribution in [3.8, 4) is 22.7 Å². The van der Waals surface area contributed by atoms with E-state index in [1.54, 1.807) is 42.3 Å².